The average molecular weight is 230 g/mol. The number of aryl methyl sites for hydroxylation is 1. The van der Waals surface area contributed by atoms with Gasteiger partial charge in [0.05, 0.1) is 30.2 Å². The van der Waals surface area contributed by atoms with E-state index in [1.807, 2.05) is 7.05 Å². The van der Waals surface area contributed by atoms with Crippen LogP contribution >= 0.6 is 11.3 Å². The second-order valence-electron chi connectivity index (χ2n) is 3.42. The lowest BCUT2D eigenvalue weighted by Crippen LogP contribution is -3.08. The molecule has 0 radical (unpaired) electrons. The fourth-order valence-electron chi connectivity index (χ4n) is 1.25. The summed E-state index contributed by atoms with van der Waals surface area (Å²) in [6.45, 7) is 3.02. The number of rotatable bonds is 5. The summed E-state index contributed by atoms with van der Waals surface area (Å²) in [7, 11) is 1.92. The molecular formula is C9H14N2O3S. The molecule has 0 bridgehead atoms. The number of nitrogens with zero attached hydrogens (tertiary/aromatic N) is 1. The number of carboxylic acid groups (broad SMARTS) is 1. The van der Waals surface area contributed by atoms with Crippen molar-refractivity contribution >= 4 is 17.3 Å². The predicted molar refractivity (Wildman–Crippen MR) is 53.7 cm³/mol. The summed E-state index contributed by atoms with van der Waals surface area (Å²) in [6.07, 6.45) is 0. The molecule has 2 N–H and O–H groups in total. The van der Waals surface area contributed by atoms with Crippen LogP contribution < -0.4 is 10.0 Å². The maximum atomic E-state index is 10.7. The normalized spacial score (nSPS) is 12.7. The van der Waals surface area contributed by atoms with Gasteiger partial charge in [0.2, 0.25) is 0 Å². The van der Waals surface area contributed by atoms with E-state index in [4.69, 9.17) is 5.11 Å². The number of aromatic nitrogens is 1. The van der Waals surface area contributed by atoms with Gasteiger partial charge in [0.25, 0.3) is 0 Å². The number of aromatic carboxylic acids is 1. The molecule has 1 rings (SSSR count). The summed E-state index contributed by atoms with van der Waals surface area (Å²) in [5.41, 5.74) is 0.506. The zero-order valence-electron chi connectivity index (χ0n) is 8.74. The minimum absolute atomic E-state index is 0.115. The van der Waals surface area contributed by atoms with Crippen LogP contribution in [-0.4, -0.2) is 36.3 Å². The molecule has 0 aliphatic rings. The van der Waals surface area contributed by atoms with E-state index in [2.05, 4.69) is 4.98 Å². The van der Waals surface area contributed by atoms with Crippen LogP contribution in [0.1, 0.15) is 20.4 Å². The minimum atomic E-state index is -1.17. The van der Waals surface area contributed by atoms with Gasteiger partial charge in [-0.25, -0.2) is 4.98 Å². The van der Waals surface area contributed by atoms with Crippen molar-refractivity contribution in [3.8, 4) is 0 Å². The van der Waals surface area contributed by atoms with Gasteiger partial charge in [0.15, 0.2) is 0 Å². The van der Waals surface area contributed by atoms with Gasteiger partial charge in [-0.2, -0.15) is 0 Å². The zero-order chi connectivity index (χ0) is 11.4. The number of hydrogen-bond donors (Lipinski definition) is 2. The second-order valence-corrected chi connectivity index (χ2v) is 4.50. The maximum Gasteiger partial charge on any atom is 0.148 e. The second kappa shape index (κ2) is 5.20. The Morgan fingerprint density at radius 2 is 2.33 bits per heavy atom. The van der Waals surface area contributed by atoms with E-state index < -0.39 is 5.97 Å². The molecule has 84 valence electrons. The third-order valence-corrected chi connectivity index (χ3v) is 3.16. The number of nitrogens with one attached hydrogen (secondary N) is 1. The van der Waals surface area contributed by atoms with E-state index in [0.29, 0.717) is 18.8 Å². The molecule has 1 unspecified atom stereocenters. The highest BCUT2D eigenvalue weighted by atomic mass is 32.1. The van der Waals surface area contributed by atoms with Gasteiger partial charge in [0, 0.05) is 0 Å². The highest BCUT2D eigenvalue weighted by Gasteiger charge is 2.11. The molecule has 0 aliphatic carbocycles. The van der Waals surface area contributed by atoms with Crippen molar-refractivity contribution in [1.82, 2.24) is 4.98 Å². The Kier molecular flexibility index (Phi) is 4.19. The number of aliphatic hydroxyl groups excluding tert-OH is 1. The van der Waals surface area contributed by atoms with Crippen LogP contribution in [0, 0.1) is 6.92 Å². The Balaban J connectivity index is 2.71. The summed E-state index contributed by atoms with van der Waals surface area (Å²) in [4.78, 5) is 16.1. The van der Waals surface area contributed by atoms with E-state index in [1.165, 1.54) is 0 Å². The van der Waals surface area contributed by atoms with Crippen molar-refractivity contribution in [2.75, 3.05) is 20.2 Å². The molecule has 0 amide bonds. The number of quaternary nitrogens is 1. The van der Waals surface area contributed by atoms with Crippen molar-refractivity contribution in [3.05, 3.63) is 15.6 Å². The number of carboxylic acids is 1. The van der Waals surface area contributed by atoms with E-state index in [0.717, 1.165) is 21.2 Å². The molecule has 0 saturated heterocycles. The Labute approximate surface area is 92.0 Å². The van der Waals surface area contributed by atoms with Crippen molar-refractivity contribution in [3.63, 3.8) is 0 Å². The van der Waals surface area contributed by atoms with Crippen LogP contribution in [0.2, 0.25) is 0 Å². The first-order chi connectivity index (χ1) is 7.04. The standard InChI is InChI=1S/C9H14N2O3S/c1-6-8(9(13)14)15-7(10-6)5-11(2)3-4-12/h12H,3-5H2,1-2H3,(H,13,14). The molecule has 0 aromatic carbocycles. The predicted octanol–water partition coefficient (Wildman–Crippen LogP) is -2.18. The van der Waals surface area contributed by atoms with Crippen LogP contribution in [0.4, 0.5) is 0 Å². The van der Waals surface area contributed by atoms with E-state index in [1.54, 1.807) is 6.92 Å². The lowest BCUT2D eigenvalue weighted by Gasteiger charge is -2.09. The number of aliphatic hydroxyl groups is 1. The Morgan fingerprint density at radius 3 is 2.80 bits per heavy atom. The van der Waals surface area contributed by atoms with E-state index in [9.17, 15) is 9.90 Å². The highest BCUT2D eigenvalue weighted by molar-refractivity contribution is 7.13. The molecule has 5 nitrogen and oxygen atoms in total. The molecule has 6 heteroatoms. The van der Waals surface area contributed by atoms with Gasteiger partial charge >= 0.3 is 0 Å². The third-order valence-electron chi connectivity index (χ3n) is 2.02. The van der Waals surface area contributed by atoms with Crippen molar-refractivity contribution in [2.24, 2.45) is 0 Å². The smallest absolute Gasteiger partial charge is 0.148 e. The zero-order valence-corrected chi connectivity index (χ0v) is 9.56. The Bertz CT molecular complexity index is 351. The van der Waals surface area contributed by atoms with Crippen LogP contribution in [0.3, 0.4) is 0 Å². The van der Waals surface area contributed by atoms with Gasteiger partial charge in [0.1, 0.15) is 18.1 Å². The van der Waals surface area contributed by atoms with Gasteiger partial charge in [-0.05, 0) is 6.92 Å². The summed E-state index contributed by atoms with van der Waals surface area (Å²) in [5, 5.41) is 20.1. The molecular weight excluding hydrogens is 216 g/mol. The Hall–Kier alpha value is -0.980. The molecule has 0 spiro atoms. The molecule has 15 heavy (non-hydrogen) atoms. The summed E-state index contributed by atoms with van der Waals surface area (Å²) in [6, 6.07) is 0. The third kappa shape index (κ3) is 3.26. The first kappa shape index (κ1) is 12.1. The molecule has 0 saturated carbocycles. The Morgan fingerprint density at radius 1 is 1.67 bits per heavy atom. The van der Waals surface area contributed by atoms with Gasteiger partial charge in [-0.1, -0.05) is 0 Å². The monoisotopic (exact) mass is 230 g/mol. The number of carbonyl (C=O) groups is 1. The molecule has 0 aliphatic heterocycles. The quantitative estimate of drug-likeness (QED) is 0.603. The molecule has 1 heterocycles. The largest absolute Gasteiger partial charge is 0.544 e. The van der Waals surface area contributed by atoms with E-state index in [-0.39, 0.29) is 11.5 Å². The minimum Gasteiger partial charge on any atom is -0.544 e. The van der Waals surface area contributed by atoms with Crippen molar-refractivity contribution in [2.45, 2.75) is 13.5 Å². The SMILES string of the molecule is Cc1nc(C[NH+](C)CCO)sc1C(=O)[O-]. The number of carbonyl (C=O) groups excluding carboxylic acids is 1. The van der Waals surface area contributed by atoms with Crippen molar-refractivity contribution in [1.29, 1.82) is 0 Å². The summed E-state index contributed by atoms with van der Waals surface area (Å²) < 4.78 is 0. The van der Waals surface area contributed by atoms with Gasteiger partial charge < -0.3 is 19.9 Å². The fraction of sp³-hybridized carbons (Fsp3) is 0.556. The summed E-state index contributed by atoms with van der Waals surface area (Å²) >= 11 is 1.15. The average Bonchev–Trinajstić information content (AvgIpc) is 2.47. The molecule has 1 aromatic rings. The number of likely N-dealkylation sites (N-methyl/N-ethyl adjacent to an activating group) is 1. The first-order valence-corrected chi connectivity index (χ1v) is 5.46. The lowest BCUT2D eigenvalue weighted by atomic mass is 10.4. The fourth-order valence-corrected chi connectivity index (χ4v) is 2.27. The molecule has 1 aromatic heterocycles. The number of hydrogen-bond acceptors (Lipinski definition) is 5. The van der Waals surface area contributed by atoms with Gasteiger partial charge in [-0.3, -0.25) is 0 Å². The topological polar surface area (TPSA) is 77.7 Å². The summed E-state index contributed by atoms with van der Waals surface area (Å²) in [5.74, 6) is -1.17. The van der Waals surface area contributed by atoms with Crippen LogP contribution in [0.25, 0.3) is 0 Å². The maximum absolute atomic E-state index is 10.7. The number of thiazole rings is 1. The van der Waals surface area contributed by atoms with Gasteiger partial charge in [-0.15, -0.1) is 11.3 Å². The van der Waals surface area contributed by atoms with Crippen molar-refractivity contribution < 1.29 is 19.9 Å². The van der Waals surface area contributed by atoms with Crippen LogP contribution in [0.15, 0.2) is 0 Å². The van der Waals surface area contributed by atoms with E-state index >= 15 is 0 Å². The molecule has 0 fully saturated rings. The highest BCUT2D eigenvalue weighted by Crippen LogP contribution is 2.16. The first-order valence-electron chi connectivity index (χ1n) is 4.64. The van der Waals surface area contributed by atoms with Crippen LogP contribution in [0.5, 0.6) is 0 Å². The van der Waals surface area contributed by atoms with Crippen LogP contribution in [-0.2, 0) is 6.54 Å². The lowest BCUT2D eigenvalue weighted by molar-refractivity contribution is -0.894. The molecule has 1 atom stereocenters.